The highest BCUT2D eigenvalue weighted by Crippen LogP contribution is 2.18. The first-order valence-corrected chi connectivity index (χ1v) is 7.26. The summed E-state index contributed by atoms with van der Waals surface area (Å²) in [6.45, 7) is 9.41. The summed E-state index contributed by atoms with van der Waals surface area (Å²) >= 11 is 0. The van der Waals surface area contributed by atoms with E-state index in [4.69, 9.17) is 15.2 Å². The van der Waals surface area contributed by atoms with Crippen molar-refractivity contribution in [2.24, 2.45) is 5.92 Å². The van der Waals surface area contributed by atoms with E-state index in [-0.39, 0.29) is 5.91 Å². The van der Waals surface area contributed by atoms with Gasteiger partial charge in [-0.2, -0.15) is 0 Å². The Bertz CT molecular complexity index is 461. The van der Waals surface area contributed by atoms with Gasteiger partial charge in [-0.05, 0) is 37.5 Å². The van der Waals surface area contributed by atoms with Crippen LogP contribution in [0.5, 0.6) is 0 Å². The van der Waals surface area contributed by atoms with Gasteiger partial charge in [0, 0.05) is 18.0 Å². The molecule has 0 aliphatic carbocycles. The Kier molecular flexibility index (Phi) is 7.19. The first-order chi connectivity index (χ1) is 9.90. The molecule has 1 amide bonds. The molecular formula is C16H26N2O3. The van der Waals surface area contributed by atoms with Crippen LogP contribution in [0.25, 0.3) is 0 Å². The predicted octanol–water partition coefficient (Wildman–Crippen LogP) is 2.59. The predicted molar refractivity (Wildman–Crippen MR) is 85.3 cm³/mol. The molecule has 1 aromatic carbocycles. The number of ether oxygens (including phenoxy) is 2. The van der Waals surface area contributed by atoms with E-state index in [0.29, 0.717) is 37.1 Å². The Morgan fingerprint density at radius 1 is 1.29 bits per heavy atom. The van der Waals surface area contributed by atoms with Crippen LogP contribution in [0.3, 0.4) is 0 Å². The highest BCUT2D eigenvalue weighted by atomic mass is 16.5. The molecule has 0 aliphatic rings. The van der Waals surface area contributed by atoms with Gasteiger partial charge >= 0.3 is 0 Å². The lowest BCUT2D eigenvalue weighted by Crippen LogP contribution is -2.29. The number of hydrogen-bond donors (Lipinski definition) is 2. The average molecular weight is 294 g/mol. The topological polar surface area (TPSA) is 73.6 Å². The van der Waals surface area contributed by atoms with Gasteiger partial charge in [0.15, 0.2) is 0 Å². The van der Waals surface area contributed by atoms with Gasteiger partial charge in [-0.25, -0.2) is 0 Å². The number of benzene rings is 1. The van der Waals surface area contributed by atoms with Crippen LogP contribution >= 0.6 is 0 Å². The number of nitrogens with one attached hydrogen (secondary N) is 1. The Morgan fingerprint density at radius 2 is 2.00 bits per heavy atom. The van der Waals surface area contributed by atoms with E-state index in [1.54, 1.807) is 19.1 Å². The standard InChI is InChI=1S/C16H26N2O3/c1-11(2)10-20-7-8-21-13(4)16(19)18-15-9-14(17)6-5-12(15)3/h5-6,9,11,13H,7-8,10,17H2,1-4H3,(H,18,19). The quantitative estimate of drug-likeness (QED) is 0.571. The molecule has 0 radical (unpaired) electrons. The third kappa shape index (κ3) is 6.60. The van der Waals surface area contributed by atoms with Crippen LogP contribution in [0.1, 0.15) is 26.3 Å². The molecular weight excluding hydrogens is 268 g/mol. The molecule has 118 valence electrons. The molecule has 0 heterocycles. The summed E-state index contributed by atoms with van der Waals surface area (Å²) in [4.78, 5) is 12.0. The number of hydrogen-bond acceptors (Lipinski definition) is 4. The molecule has 1 atom stereocenters. The summed E-state index contributed by atoms with van der Waals surface area (Å²) in [5, 5.41) is 2.83. The fraction of sp³-hybridized carbons (Fsp3) is 0.562. The lowest BCUT2D eigenvalue weighted by atomic mass is 10.2. The summed E-state index contributed by atoms with van der Waals surface area (Å²) in [5.74, 6) is 0.310. The Labute approximate surface area is 126 Å². The minimum atomic E-state index is -0.534. The van der Waals surface area contributed by atoms with E-state index >= 15 is 0 Å². The normalized spacial score (nSPS) is 12.4. The van der Waals surface area contributed by atoms with Crippen molar-refractivity contribution in [2.75, 3.05) is 30.9 Å². The zero-order chi connectivity index (χ0) is 15.8. The number of carbonyl (C=O) groups is 1. The van der Waals surface area contributed by atoms with Gasteiger partial charge in [0.05, 0.1) is 13.2 Å². The number of aryl methyl sites for hydroxylation is 1. The molecule has 0 bridgehead atoms. The minimum Gasteiger partial charge on any atom is -0.399 e. The molecule has 1 unspecified atom stereocenters. The fourth-order valence-electron chi connectivity index (χ4n) is 1.69. The van der Waals surface area contributed by atoms with Crippen molar-refractivity contribution in [2.45, 2.75) is 33.8 Å². The maximum absolute atomic E-state index is 12.0. The van der Waals surface area contributed by atoms with Crippen molar-refractivity contribution in [3.05, 3.63) is 23.8 Å². The van der Waals surface area contributed by atoms with E-state index < -0.39 is 6.10 Å². The summed E-state index contributed by atoms with van der Waals surface area (Å²) in [7, 11) is 0. The number of nitrogens with two attached hydrogens (primary N) is 1. The Balaban J connectivity index is 2.35. The van der Waals surface area contributed by atoms with Crippen LogP contribution in [0.4, 0.5) is 11.4 Å². The second-order valence-corrected chi connectivity index (χ2v) is 5.55. The van der Waals surface area contributed by atoms with Crippen molar-refractivity contribution >= 4 is 17.3 Å². The SMILES string of the molecule is Cc1ccc(N)cc1NC(=O)C(C)OCCOCC(C)C. The number of nitrogen functional groups attached to an aromatic ring is 1. The Hall–Kier alpha value is -1.59. The zero-order valence-corrected chi connectivity index (χ0v) is 13.3. The monoisotopic (exact) mass is 294 g/mol. The molecule has 0 aromatic heterocycles. The first kappa shape index (κ1) is 17.5. The molecule has 0 fully saturated rings. The molecule has 3 N–H and O–H groups in total. The average Bonchev–Trinajstić information content (AvgIpc) is 2.41. The molecule has 5 heteroatoms. The van der Waals surface area contributed by atoms with Crippen LogP contribution in [-0.2, 0) is 14.3 Å². The van der Waals surface area contributed by atoms with E-state index in [9.17, 15) is 4.79 Å². The third-order valence-corrected chi connectivity index (χ3v) is 2.94. The number of carbonyl (C=O) groups excluding carboxylic acids is 1. The van der Waals surface area contributed by atoms with Crippen LogP contribution in [0, 0.1) is 12.8 Å². The van der Waals surface area contributed by atoms with Gasteiger partial charge < -0.3 is 20.5 Å². The molecule has 0 saturated carbocycles. The van der Waals surface area contributed by atoms with Crippen molar-refractivity contribution in [1.82, 2.24) is 0 Å². The smallest absolute Gasteiger partial charge is 0.253 e. The number of anilines is 2. The van der Waals surface area contributed by atoms with Gasteiger partial charge in [-0.3, -0.25) is 4.79 Å². The summed E-state index contributed by atoms with van der Waals surface area (Å²) in [6, 6.07) is 5.42. The highest BCUT2D eigenvalue weighted by molar-refractivity contribution is 5.95. The van der Waals surface area contributed by atoms with Crippen molar-refractivity contribution in [1.29, 1.82) is 0 Å². The van der Waals surface area contributed by atoms with Gasteiger partial charge in [0.2, 0.25) is 0 Å². The maximum Gasteiger partial charge on any atom is 0.253 e. The van der Waals surface area contributed by atoms with E-state index in [1.807, 2.05) is 13.0 Å². The molecule has 1 aromatic rings. The second-order valence-electron chi connectivity index (χ2n) is 5.55. The second kappa shape index (κ2) is 8.64. The third-order valence-electron chi connectivity index (χ3n) is 2.94. The molecule has 5 nitrogen and oxygen atoms in total. The van der Waals surface area contributed by atoms with Crippen LogP contribution < -0.4 is 11.1 Å². The zero-order valence-electron chi connectivity index (χ0n) is 13.3. The summed E-state index contributed by atoms with van der Waals surface area (Å²) < 4.78 is 10.9. The van der Waals surface area contributed by atoms with E-state index in [0.717, 1.165) is 5.56 Å². The van der Waals surface area contributed by atoms with Gasteiger partial charge in [-0.15, -0.1) is 0 Å². The molecule has 0 spiro atoms. The molecule has 1 rings (SSSR count). The largest absolute Gasteiger partial charge is 0.399 e. The van der Waals surface area contributed by atoms with Gasteiger partial charge in [0.1, 0.15) is 6.10 Å². The Morgan fingerprint density at radius 3 is 2.67 bits per heavy atom. The summed E-state index contributed by atoms with van der Waals surface area (Å²) in [6.07, 6.45) is -0.534. The van der Waals surface area contributed by atoms with Crippen LogP contribution in [0.15, 0.2) is 18.2 Å². The van der Waals surface area contributed by atoms with E-state index in [1.165, 1.54) is 0 Å². The number of rotatable bonds is 8. The lowest BCUT2D eigenvalue weighted by Gasteiger charge is -2.15. The fourth-order valence-corrected chi connectivity index (χ4v) is 1.69. The van der Waals surface area contributed by atoms with Gasteiger partial charge in [0.25, 0.3) is 5.91 Å². The molecule has 0 saturated heterocycles. The lowest BCUT2D eigenvalue weighted by molar-refractivity contribution is -0.127. The van der Waals surface area contributed by atoms with Crippen molar-refractivity contribution in [3.63, 3.8) is 0 Å². The van der Waals surface area contributed by atoms with Gasteiger partial charge in [-0.1, -0.05) is 19.9 Å². The molecule has 0 aliphatic heterocycles. The van der Waals surface area contributed by atoms with Crippen LogP contribution in [0.2, 0.25) is 0 Å². The molecule has 21 heavy (non-hydrogen) atoms. The van der Waals surface area contributed by atoms with E-state index in [2.05, 4.69) is 19.2 Å². The number of amides is 1. The van der Waals surface area contributed by atoms with Crippen molar-refractivity contribution in [3.8, 4) is 0 Å². The maximum atomic E-state index is 12.0. The van der Waals surface area contributed by atoms with Crippen molar-refractivity contribution < 1.29 is 14.3 Å². The summed E-state index contributed by atoms with van der Waals surface area (Å²) in [5.41, 5.74) is 8.01. The minimum absolute atomic E-state index is 0.187. The highest BCUT2D eigenvalue weighted by Gasteiger charge is 2.14. The van der Waals surface area contributed by atoms with Crippen LogP contribution in [-0.4, -0.2) is 31.8 Å². The first-order valence-electron chi connectivity index (χ1n) is 7.26.